The fraction of sp³-hybridized carbons (Fsp3) is 0.308. The number of ketones is 1. The summed E-state index contributed by atoms with van der Waals surface area (Å²) in [5, 5.41) is 0. The molecule has 0 aliphatic carbocycles. The molecular formula is C26H26N2O7. The smallest absolute Gasteiger partial charge is 0.338 e. The zero-order valence-corrected chi connectivity index (χ0v) is 19.8. The van der Waals surface area contributed by atoms with Gasteiger partial charge in [-0.3, -0.25) is 19.3 Å². The first-order valence-corrected chi connectivity index (χ1v) is 11.2. The standard InChI is InChI=1S/C26H26N2O7/c1-16-12-21(17(2)27(16)9-5-10-33-3)23(29)15-35-26(32)18-7-8-20-22(13-18)25(31)28(24(20)30)14-19-6-4-11-34-19/h4,6-8,11-13H,5,9-10,14-15H2,1-3H3. The van der Waals surface area contributed by atoms with Gasteiger partial charge in [0.25, 0.3) is 11.8 Å². The molecule has 0 atom stereocenters. The van der Waals surface area contributed by atoms with Crippen molar-refractivity contribution >= 4 is 23.6 Å². The van der Waals surface area contributed by atoms with Crippen molar-refractivity contribution in [2.45, 2.75) is 33.4 Å². The maximum atomic E-state index is 12.8. The van der Waals surface area contributed by atoms with Crippen LogP contribution in [-0.2, 0) is 22.6 Å². The van der Waals surface area contributed by atoms with Gasteiger partial charge < -0.3 is 18.5 Å². The summed E-state index contributed by atoms with van der Waals surface area (Å²) in [6.07, 6.45) is 2.27. The number of nitrogens with zero attached hydrogens (tertiary/aromatic N) is 2. The molecule has 0 saturated heterocycles. The topological polar surface area (TPSA) is 108 Å². The van der Waals surface area contributed by atoms with E-state index in [1.54, 1.807) is 25.3 Å². The summed E-state index contributed by atoms with van der Waals surface area (Å²) >= 11 is 0. The number of ether oxygens (including phenoxy) is 2. The van der Waals surface area contributed by atoms with Gasteiger partial charge >= 0.3 is 5.97 Å². The van der Waals surface area contributed by atoms with Crippen LogP contribution in [0.2, 0.25) is 0 Å². The average molecular weight is 479 g/mol. The molecule has 35 heavy (non-hydrogen) atoms. The van der Waals surface area contributed by atoms with Gasteiger partial charge in [0.05, 0.1) is 29.5 Å². The van der Waals surface area contributed by atoms with E-state index >= 15 is 0 Å². The lowest BCUT2D eigenvalue weighted by Gasteiger charge is -2.11. The van der Waals surface area contributed by atoms with Crippen LogP contribution < -0.4 is 0 Å². The summed E-state index contributed by atoms with van der Waals surface area (Å²) in [4.78, 5) is 51.8. The molecule has 1 aliphatic heterocycles. The van der Waals surface area contributed by atoms with E-state index in [9.17, 15) is 19.2 Å². The Kier molecular flexibility index (Phi) is 6.97. The SMILES string of the molecule is COCCCn1c(C)cc(C(=O)COC(=O)c2ccc3c(c2)C(=O)N(Cc2ccco2)C3=O)c1C. The molecule has 0 bridgehead atoms. The highest BCUT2D eigenvalue weighted by Crippen LogP contribution is 2.26. The highest BCUT2D eigenvalue weighted by molar-refractivity contribution is 6.21. The Morgan fingerprint density at radius 2 is 1.80 bits per heavy atom. The summed E-state index contributed by atoms with van der Waals surface area (Å²) in [6.45, 7) is 4.67. The number of methoxy groups -OCH3 is 1. The minimum Gasteiger partial charge on any atom is -0.467 e. The van der Waals surface area contributed by atoms with Crippen molar-refractivity contribution in [3.05, 3.63) is 82.1 Å². The predicted octanol–water partition coefficient (Wildman–Crippen LogP) is 3.57. The molecule has 3 heterocycles. The first-order chi connectivity index (χ1) is 16.8. The largest absolute Gasteiger partial charge is 0.467 e. The number of fused-ring (bicyclic) bond motifs is 1. The second-order valence-corrected chi connectivity index (χ2v) is 8.32. The summed E-state index contributed by atoms with van der Waals surface area (Å²) in [7, 11) is 1.64. The van der Waals surface area contributed by atoms with Crippen LogP contribution >= 0.6 is 0 Å². The van der Waals surface area contributed by atoms with Crippen molar-refractivity contribution in [2.24, 2.45) is 0 Å². The number of rotatable bonds is 10. The molecule has 0 fully saturated rings. The minimum atomic E-state index is -0.750. The molecule has 0 unspecified atom stereocenters. The Labute approximate surface area is 202 Å². The number of benzene rings is 1. The van der Waals surface area contributed by atoms with E-state index in [-0.39, 0.29) is 29.0 Å². The maximum absolute atomic E-state index is 12.8. The van der Waals surface area contributed by atoms with E-state index in [4.69, 9.17) is 13.9 Å². The number of carbonyl (C=O) groups excluding carboxylic acids is 4. The Bertz CT molecular complexity index is 1290. The molecule has 2 aromatic heterocycles. The van der Waals surface area contributed by atoms with Gasteiger partial charge in [0.2, 0.25) is 5.78 Å². The number of hydrogen-bond donors (Lipinski definition) is 0. The van der Waals surface area contributed by atoms with Gasteiger partial charge in [-0.1, -0.05) is 0 Å². The third-order valence-corrected chi connectivity index (χ3v) is 6.04. The van der Waals surface area contributed by atoms with Crippen LogP contribution in [0.15, 0.2) is 47.1 Å². The van der Waals surface area contributed by atoms with E-state index in [0.717, 1.165) is 29.3 Å². The quantitative estimate of drug-likeness (QED) is 0.190. The Morgan fingerprint density at radius 3 is 2.51 bits per heavy atom. The minimum absolute atomic E-state index is 0.00247. The molecule has 0 spiro atoms. The lowest BCUT2D eigenvalue weighted by atomic mass is 10.1. The Balaban J connectivity index is 1.42. The molecule has 182 valence electrons. The highest BCUT2D eigenvalue weighted by atomic mass is 16.5. The maximum Gasteiger partial charge on any atom is 0.338 e. The van der Waals surface area contributed by atoms with Gasteiger partial charge in [-0.15, -0.1) is 0 Å². The fourth-order valence-corrected chi connectivity index (χ4v) is 4.21. The Hall–Kier alpha value is -3.98. The molecule has 4 rings (SSSR count). The molecule has 2 amide bonds. The number of hydrogen-bond acceptors (Lipinski definition) is 7. The van der Waals surface area contributed by atoms with Crippen LogP contribution in [-0.4, -0.2) is 53.4 Å². The van der Waals surface area contributed by atoms with Crippen LogP contribution in [0.5, 0.6) is 0 Å². The number of esters is 1. The van der Waals surface area contributed by atoms with E-state index in [2.05, 4.69) is 0 Å². The monoisotopic (exact) mass is 478 g/mol. The van der Waals surface area contributed by atoms with E-state index < -0.39 is 24.4 Å². The van der Waals surface area contributed by atoms with E-state index in [1.807, 2.05) is 18.4 Å². The summed E-state index contributed by atoms with van der Waals surface area (Å²) in [5.41, 5.74) is 2.64. The average Bonchev–Trinajstić information content (AvgIpc) is 3.53. The first kappa shape index (κ1) is 24.2. The van der Waals surface area contributed by atoms with Crippen LogP contribution in [0.1, 0.15) is 65.0 Å². The first-order valence-electron chi connectivity index (χ1n) is 11.2. The molecule has 3 aromatic rings. The van der Waals surface area contributed by atoms with Crippen molar-refractivity contribution in [1.29, 1.82) is 0 Å². The summed E-state index contributed by atoms with van der Waals surface area (Å²) < 4.78 is 17.6. The van der Waals surface area contributed by atoms with Crippen molar-refractivity contribution in [3.8, 4) is 0 Å². The lowest BCUT2D eigenvalue weighted by molar-refractivity contribution is 0.0474. The third-order valence-electron chi connectivity index (χ3n) is 6.04. The number of amides is 2. The number of furan rings is 1. The van der Waals surface area contributed by atoms with Crippen molar-refractivity contribution < 1.29 is 33.1 Å². The molecule has 0 radical (unpaired) electrons. The second-order valence-electron chi connectivity index (χ2n) is 8.32. The van der Waals surface area contributed by atoms with Crippen LogP contribution in [0.25, 0.3) is 0 Å². The van der Waals surface area contributed by atoms with E-state index in [0.29, 0.717) is 17.9 Å². The number of aryl methyl sites for hydroxylation is 1. The summed E-state index contributed by atoms with van der Waals surface area (Å²) in [5.74, 6) is -1.58. The van der Waals surface area contributed by atoms with Crippen molar-refractivity contribution in [3.63, 3.8) is 0 Å². The van der Waals surface area contributed by atoms with Gasteiger partial charge in [0.15, 0.2) is 6.61 Å². The van der Waals surface area contributed by atoms with Gasteiger partial charge in [-0.25, -0.2) is 4.79 Å². The van der Waals surface area contributed by atoms with E-state index in [1.165, 1.54) is 24.5 Å². The molecule has 0 saturated carbocycles. The van der Waals surface area contributed by atoms with Gasteiger partial charge in [-0.05, 0) is 56.7 Å². The predicted molar refractivity (Wildman–Crippen MR) is 124 cm³/mol. The van der Waals surface area contributed by atoms with Crippen molar-refractivity contribution in [1.82, 2.24) is 9.47 Å². The number of carbonyl (C=O) groups is 4. The normalized spacial score (nSPS) is 12.8. The summed E-state index contributed by atoms with van der Waals surface area (Å²) in [6, 6.07) is 9.28. The molecule has 0 N–H and O–H groups in total. The van der Waals surface area contributed by atoms with Gasteiger partial charge in [0.1, 0.15) is 5.76 Å². The Morgan fingerprint density at radius 1 is 1.03 bits per heavy atom. The van der Waals surface area contributed by atoms with Gasteiger partial charge in [-0.2, -0.15) is 0 Å². The van der Waals surface area contributed by atoms with Crippen LogP contribution in [0.4, 0.5) is 0 Å². The van der Waals surface area contributed by atoms with Crippen LogP contribution in [0.3, 0.4) is 0 Å². The highest BCUT2D eigenvalue weighted by Gasteiger charge is 2.36. The number of Topliss-reactive ketones (excluding diaryl/α,β-unsaturated/α-hetero) is 1. The third kappa shape index (κ3) is 4.81. The molecule has 1 aromatic carbocycles. The second kappa shape index (κ2) is 10.1. The molecule has 1 aliphatic rings. The zero-order chi connectivity index (χ0) is 25.1. The fourth-order valence-electron chi connectivity index (χ4n) is 4.21. The number of imide groups is 1. The molecule has 9 heteroatoms. The lowest BCUT2D eigenvalue weighted by Crippen LogP contribution is -2.28. The zero-order valence-electron chi connectivity index (χ0n) is 19.8. The molecule has 9 nitrogen and oxygen atoms in total. The van der Waals surface area contributed by atoms with Gasteiger partial charge in [0, 0.05) is 37.2 Å². The number of aromatic nitrogens is 1. The molecular weight excluding hydrogens is 452 g/mol. The van der Waals surface area contributed by atoms with Crippen LogP contribution in [0, 0.1) is 13.8 Å². The van der Waals surface area contributed by atoms with Crippen molar-refractivity contribution in [2.75, 3.05) is 20.3 Å².